The molecular weight excluding hydrogens is 341 g/mol. The van der Waals surface area contributed by atoms with Crippen LogP contribution in [0.15, 0.2) is 18.2 Å². The standard InChI is InChI=1S/C15H13Cl2N3O3/c1-3-6-18-12(21)8-20-13(22)15(2,19-14(20)23)10-5-4-9(16)7-11(10)17/h1,4-5,7H,6,8H2,2H3,(H,18,21)(H,19,23)/t15-/m0/s1. The fourth-order valence-electron chi connectivity index (χ4n) is 2.27. The first kappa shape index (κ1) is 17.1. The molecule has 1 aromatic rings. The third-order valence-corrected chi connectivity index (χ3v) is 3.98. The van der Waals surface area contributed by atoms with Crippen LogP contribution in [-0.4, -0.2) is 35.8 Å². The molecule has 1 heterocycles. The first-order valence-corrected chi connectivity index (χ1v) is 7.35. The lowest BCUT2D eigenvalue weighted by molar-refractivity contribution is -0.134. The molecule has 0 unspecified atom stereocenters. The van der Waals surface area contributed by atoms with Crippen molar-refractivity contribution >= 4 is 41.0 Å². The number of rotatable bonds is 4. The molecule has 1 aliphatic heterocycles. The summed E-state index contributed by atoms with van der Waals surface area (Å²) in [7, 11) is 0. The lowest BCUT2D eigenvalue weighted by Gasteiger charge is -2.23. The summed E-state index contributed by atoms with van der Waals surface area (Å²) in [5.41, 5.74) is -0.973. The molecule has 0 aromatic heterocycles. The normalized spacial score (nSPS) is 20.2. The van der Waals surface area contributed by atoms with Crippen molar-refractivity contribution in [3.05, 3.63) is 33.8 Å². The minimum atomic E-state index is -1.37. The van der Waals surface area contributed by atoms with Crippen molar-refractivity contribution in [2.45, 2.75) is 12.5 Å². The van der Waals surface area contributed by atoms with Gasteiger partial charge in [-0.05, 0) is 19.1 Å². The van der Waals surface area contributed by atoms with Gasteiger partial charge >= 0.3 is 6.03 Å². The zero-order valence-electron chi connectivity index (χ0n) is 12.2. The predicted molar refractivity (Wildman–Crippen MR) is 85.9 cm³/mol. The molecule has 120 valence electrons. The minimum absolute atomic E-state index is 0.0166. The number of nitrogens with zero attached hydrogens (tertiary/aromatic N) is 1. The number of amides is 4. The highest BCUT2D eigenvalue weighted by Crippen LogP contribution is 2.34. The monoisotopic (exact) mass is 353 g/mol. The Kier molecular flexibility index (Phi) is 4.83. The third-order valence-electron chi connectivity index (χ3n) is 3.43. The van der Waals surface area contributed by atoms with E-state index in [1.807, 2.05) is 0 Å². The average molecular weight is 354 g/mol. The molecule has 0 aliphatic carbocycles. The molecule has 1 fully saturated rings. The van der Waals surface area contributed by atoms with Crippen LogP contribution in [0, 0.1) is 12.3 Å². The zero-order chi connectivity index (χ0) is 17.2. The fraction of sp³-hybridized carbons (Fsp3) is 0.267. The van der Waals surface area contributed by atoms with Crippen molar-refractivity contribution < 1.29 is 14.4 Å². The largest absolute Gasteiger partial charge is 0.344 e. The summed E-state index contributed by atoms with van der Waals surface area (Å²) in [6.07, 6.45) is 5.04. The van der Waals surface area contributed by atoms with Crippen molar-refractivity contribution in [1.29, 1.82) is 0 Å². The van der Waals surface area contributed by atoms with E-state index in [1.165, 1.54) is 13.0 Å². The van der Waals surface area contributed by atoms with Gasteiger partial charge in [-0.2, -0.15) is 0 Å². The minimum Gasteiger partial charge on any atom is -0.344 e. The molecule has 2 rings (SSSR count). The smallest absolute Gasteiger partial charge is 0.325 e. The molecule has 23 heavy (non-hydrogen) atoms. The first-order chi connectivity index (χ1) is 10.8. The highest BCUT2D eigenvalue weighted by Gasteiger charge is 2.50. The number of carbonyl (C=O) groups excluding carboxylic acids is 3. The van der Waals surface area contributed by atoms with Crippen LogP contribution in [-0.2, 0) is 15.1 Å². The molecule has 1 saturated heterocycles. The number of nitrogens with one attached hydrogen (secondary N) is 2. The second-order valence-corrected chi connectivity index (χ2v) is 5.90. The number of imide groups is 1. The lowest BCUT2D eigenvalue weighted by Crippen LogP contribution is -2.43. The quantitative estimate of drug-likeness (QED) is 0.636. The van der Waals surface area contributed by atoms with Crippen LogP contribution in [0.4, 0.5) is 4.79 Å². The molecule has 1 aromatic carbocycles. The molecule has 1 atom stereocenters. The Bertz CT molecular complexity index is 729. The van der Waals surface area contributed by atoms with E-state index in [9.17, 15) is 14.4 Å². The van der Waals surface area contributed by atoms with Gasteiger partial charge in [0.1, 0.15) is 12.1 Å². The number of carbonyl (C=O) groups is 3. The predicted octanol–water partition coefficient (Wildman–Crippen LogP) is 1.51. The number of benzene rings is 1. The van der Waals surface area contributed by atoms with Crippen molar-refractivity contribution in [3.63, 3.8) is 0 Å². The van der Waals surface area contributed by atoms with E-state index in [2.05, 4.69) is 16.6 Å². The summed E-state index contributed by atoms with van der Waals surface area (Å²) in [5.74, 6) is 1.12. The number of urea groups is 1. The molecule has 4 amide bonds. The Morgan fingerprint density at radius 1 is 1.43 bits per heavy atom. The van der Waals surface area contributed by atoms with Gasteiger partial charge in [0.15, 0.2) is 0 Å². The Hall–Kier alpha value is -2.23. The van der Waals surface area contributed by atoms with E-state index >= 15 is 0 Å². The summed E-state index contributed by atoms with van der Waals surface area (Å²) < 4.78 is 0. The molecular formula is C15H13Cl2N3O3. The van der Waals surface area contributed by atoms with Gasteiger partial charge in [-0.3, -0.25) is 14.5 Å². The summed E-state index contributed by atoms with van der Waals surface area (Å²) in [6, 6.07) is 3.92. The lowest BCUT2D eigenvalue weighted by atomic mass is 9.92. The van der Waals surface area contributed by atoms with E-state index < -0.39 is 29.9 Å². The van der Waals surface area contributed by atoms with Crippen LogP contribution in [0.25, 0.3) is 0 Å². The van der Waals surface area contributed by atoms with E-state index in [4.69, 9.17) is 29.6 Å². The maximum absolute atomic E-state index is 12.6. The van der Waals surface area contributed by atoms with Crippen molar-refractivity contribution in [3.8, 4) is 12.3 Å². The molecule has 1 aliphatic rings. The Morgan fingerprint density at radius 3 is 2.74 bits per heavy atom. The number of halogens is 2. The number of hydrogen-bond acceptors (Lipinski definition) is 3. The van der Waals surface area contributed by atoms with Gasteiger partial charge in [0.05, 0.1) is 6.54 Å². The molecule has 0 radical (unpaired) electrons. The average Bonchev–Trinajstić information content (AvgIpc) is 2.69. The van der Waals surface area contributed by atoms with Crippen LogP contribution in [0.3, 0.4) is 0 Å². The summed E-state index contributed by atoms with van der Waals surface area (Å²) in [4.78, 5) is 37.2. The maximum atomic E-state index is 12.6. The van der Waals surface area contributed by atoms with E-state index in [0.29, 0.717) is 10.6 Å². The van der Waals surface area contributed by atoms with Crippen molar-refractivity contribution in [1.82, 2.24) is 15.5 Å². The Balaban J connectivity index is 2.26. The van der Waals surface area contributed by atoms with E-state index in [1.54, 1.807) is 12.1 Å². The SMILES string of the molecule is C#CCNC(=O)CN1C(=O)N[C@@](C)(c2ccc(Cl)cc2Cl)C1=O. The molecule has 8 heteroatoms. The molecule has 0 saturated carbocycles. The van der Waals surface area contributed by atoms with Crippen LogP contribution >= 0.6 is 23.2 Å². The van der Waals surface area contributed by atoms with Crippen LogP contribution in [0.2, 0.25) is 10.0 Å². The van der Waals surface area contributed by atoms with Crippen LogP contribution in [0.1, 0.15) is 12.5 Å². The zero-order valence-corrected chi connectivity index (χ0v) is 13.7. The summed E-state index contributed by atoms with van der Waals surface area (Å²) >= 11 is 12.0. The maximum Gasteiger partial charge on any atom is 0.325 e. The molecule has 0 bridgehead atoms. The van der Waals surface area contributed by atoms with Crippen molar-refractivity contribution in [2.75, 3.05) is 13.1 Å². The van der Waals surface area contributed by atoms with Gasteiger partial charge < -0.3 is 10.6 Å². The summed E-state index contributed by atoms with van der Waals surface area (Å²) in [6.45, 7) is 1.11. The molecule has 0 spiro atoms. The van der Waals surface area contributed by atoms with Gasteiger partial charge in [-0.15, -0.1) is 6.42 Å². The van der Waals surface area contributed by atoms with Gasteiger partial charge in [0.25, 0.3) is 5.91 Å². The highest BCUT2D eigenvalue weighted by atomic mass is 35.5. The Labute approximate surface area is 143 Å². The topological polar surface area (TPSA) is 78.5 Å². The van der Waals surface area contributed by atoms with Gasteiger partial charge in [0.2, 0.25) is 5.91 Å². The third kappa shape index (κ3) is 3.26. The summed E-state index contributed by atoms with van der Waals surface area (Å²) in [5, 5.41) is 5.60. The second-order valence-electron chi connectivity index (χ2n) is 5.05. The van der Waals surface area contributed by atoms with Gasteiger partial charge in [-0.1, -0.05) is 35.2 Å². The first-order valence-electron chi connectivity index (χ1n) is 6.59. The fourth-order valence-corrected chi connectivity index (χ4v) is 2.86. The number of terminal acetylenes is 1. The Morgan fingerprint density at radius 2 is 2.13 bits per heavy atom. The van der Waals surface area contributed by atoms with E-state index in [0.717, 1.165) is 4.90 Å². The van der Waals surface area contributed by atoms with Gasteiger partial charge in [0, 0.05) is 15.6 Å². The molecule has 6 nitrogen and oxygen atoms in total. The van der Waals surface area contributed by atoms with Crippen LogP contribution < -0.4 is 10.6 Å². The van der Waals surface area contributed by atoms with Crippen LogP contribution in [0.5, 0.6) is 0 Å². The van der Waals surface area contributed by atoms with Crippen molar-refractivity contribution in [2.24, 2.45) is 0 Å². The van der Waals surface area contributed by atoms with E-state index in [-0.39, 0.29) is 11.6 Å². The van der Waals surface area contributed by atoms with Gasteiger partial charge in [-0.25, -0.2) is 4.79 Å². The molecule has 2 N–H and O–H groups in total. The second kappa shape index (κ2) is 6.49. The number of hydrogen-bond donors (Lipinski definition) is 2. The highest BCUT2D eigenvalue weighted by molar-refractivity contribution is 6.35.